The molecule has 0 fully saturated rings. The number of fused-ring (bicyclic) bond motifs is 3. The predicted octanol–water partition coefficient (Wildman–Crippen LogP) is 2.61. The number of imidazole rings is 1. The van der Waals surface area contributed by atoms with Gasteiger partial charge in [0.15, 0.2) is 11.2 Å². The summed E-state index contributed by atoms with van der Waals surface area (Å²) in [6, 6.07) is 1.92. The molecule has 20 heavy (non-hydrogen) atoms. The van der Waals surface area contributed by atoms with Crippen LogP contribution in [0.15, 0.2) is 18.5 Å². The van der Waals surface area contributed by atoms with Crippen molar-refractivity contribution < 1.29 is 17.9 Å². The molecule has 104 valence electrons. The number of alkyl halides is 3. The topological polar surface area (TPSA) is 52.3 Å². The number of aryl methyl sites for hydroxylation is 1. The highest BCUT2D eigenvalue weighted by Gasteiger charge is 2.32. The molecule has 0 N–H and O–H groups in total. The van der Waals surface area contributed by atoms with Gasteiger partial charge in [0.1, 0.15) is 12.1 Å². The minimum atomic E-state index is -4.47. The van der Waals surface area contributed by atoms with Crippen molar-refractivity contribution in [1.82, 2.24) is 19.6 Å². The van der Waals surface area contributed by atoms with E-state index in [1.807, 2.05) is 0 Å². The molecule has 8 heteroatoms. The van der Waals surface area contributed by atoms with Crippen molar-refractivity contribution in [3.63, 3.8) is 0 Å². The Balaban J connectivity index is 2.46. The molecule has 0 spiro atoms. The van der Waals surface area contributed by atoms with Gasteiger partial charge >= 0.3 is 6.18 Å². The van der Waals surface area contributed by atoms with Gasteiger partial charge in [-0.3, -0.25) is 4.40 Å². The maximum atomic E-state index is 12.9. The zero-order valence-electron chi connectivity index (χ0n) is 10.6. The van der Waals surface area contributed by atoms with Gasteiger partial charge in [-0.15, -0.1) is 10.2 Å². The Kier molecular flexibility index (Phi) is 2.56. The number of halogens is 3. The number of ether oxygens (including phenoxy) is 1. The van der Waals surface area contributed by atoms with E-state index >= 15 is 0 Å². The van der Waals surface area contributed by atoms with Gasteiger partial charge in [-0.25, -0.2) is 4.98 Å². The van der Waals surface area contributed by atoms with Gasteiger partial charge in [-0.2, -0.15) is 13.2 Å². The molecule has 0 saturated heterocycles. The number of hydrogen-bond donors (Lipinski definition) is 0. The number of rotatable bonds is 1. The average molecular weight is 282 g/mol. The van der Waals surface area contributed by atoms with Crippen LogP contribution in [0.5, 0.6) is 5.75 Å². The van der Waals surface area contributed by atoms with E-state index in [-0.39, 0.29) is 16.8 Å². The SMILES string of the molecule is COc1cc(C(F)(F)F)cc2c1nnc1c(C)ncn12. The van der Waals surface area contributed by atoms with Crippen LogP contribution in [0.3, 0.4) is 0 Å². The molecule has 3 aromatic rings. The number of hydrogen-bond acceptors (Lipinski definition) is 4. The molecule has 0 aliphatic rings. The molecule has 0 saturated carbocycles. The summed E-state index contributed by atoms with van der Waals surface area (Å²) in [5.41, 5.74) is 0.713. The summed E-state index contributed by atoms with van der Waals surface area (Å²) < 4.78 is 45.2. The maximum Gasteiger partial charge on any atom is 0.416 e. The number of methoxy groups -OCH3 is 1. The number of benzene rings is 1. The van der Waals surface area contributed by atoms with Crippen LogP contribution >= 0.6 is 0 Å². The highest BCUT2D eigenvalue weighted by molar-refractivity contribution is 5.84. The van der Waals surface area contributed by atoms with Crippen LogP contribution in [-0.4, -0.2) is 26.7 Å². The van der Waals surface area contributed by atoms with E-state index in [9.17, 15) is 13.2 Å². The molecular formula is C12H9F3N4O. The molecule has 3 rings (SSSR count). The van der Waals surface area contributed by atoms with Gasteiger partial charge < -0.3 is 4.74 Å². The van der Waals surface area contributed by atoms with Crippen LogP contribution in [0.25, 0.3) is 16.7 Å². The third kappa shape index (κ3) is 1.75. The first-order valence-electron chi connectivity index (χ1n) is 5.67. The summed E-state index contributed by atoms with van der Waals surface area (Å²) in [6.07, 6.45) is -3.05. The zero-order chi connectivity index (χ0) is 14.5. The first-order chi connectivity index (χ1) is 9.41. The summed E-state index contributed by atoms with van der Waals surface area (Å²) in [4.78, 5) is 4.03. The Morgan fingerprint density at radius 3 is 2.60 bits per heavy atom. The van der Waals surface area contributed by atoms with Gasteiger partial charge in [0, 0.05) is 0 Å². The van der Waals surface area contributed by atoms with Gasteiger partial charge in [0.05, 0.1) is 23.9 Å². The fourth-order valence-electron chi connectivity index (χ4n) is 2.02. The highest BCUT2D eigenvalue weighted by Crippen LogP contribution is 2.35. The van der Waals surface area contributed by atoms with Crippen LogP contribution in [-0.2, 0) is 6.18 Å². The van der Waals surface area contributed by atoms with Crippen molar-refractivity contribution in [2.45, 2.75) is 13.1 Å². The first kappa shape index (κ1) is 12.6. The van der Waals surface area contributed by atoms with Crippen LogP contribution in [0.4, 0.5) is 13.2 Å². The van der Waals surface area contributed by atoms with Gasteiger partial charge in [-0.1, -0.05) is 0 Å². The number of aromatic nitrogens is 4. The molecule has 5 nitrogen and oxygen atoms in total. The second-order valence-electron chi connectivity index (χ2n) is 4.27. The summed E-state index contributed by atoms with van der Waals surface area (Å²) in [5.74, 6) is 0.0237. The van der Waals surface area contributed by atoms with Crippen LogP contribution < -0.4 is 4.74 Å². The first-order valence-corrected chi connectivity index (χ1v) is 5.67. The Hall–Kier alpha value is -2.38. The zero-order valence-corrected chi connectivity index (χ0v) is 10.6. The lowest BCUT2D eigenvalue weighted by atomic mass is 10.1. The Bertz CT molecular complexity index is 810. The summed E-state index contributed by atoms with van der Waals surface area (Å²) in [5, 5.41) is 7.89. The monoisotopic (exact) mass is 282 g/mol. The van der Waals surface area contributed by atoms with Crippen molar-refractivity contribution in [3.8, 4) is 5.75 Å². The lowest BCUT2D eigenvalue weighted by molar-refractivity contribution is -0.137. The van der Waals surface area contributed by atoms with E-state index < -0.39 is 11.7 Å². The predicted molar refractivity (Wildman–Crippen MR) is 64.6 cm³/mol. The molecule has 0 atom stereocenters. The lowest BCUT2D eigenvalue weighted by Crippen LogP contribution is -2.07. The Labute approximate surface area is 111 Å². The molecule has 2 heterocycles. The summed E-state index contributed by atoms with van der Waals surface area (Å²) >= 11 is 0. The highest BCUT2D eigenvalue weighted by atomic mass is 19.4. The third-order valence-corrected chi connectivity index (χ3v) is 3.02. The van der Waals surface area contributed by atoms with Crippen LogP contribution in [0.2, 0.25) is 0 Å². The van der Waals surface area contributed by atoms with Crippen molar-refractivity contribution in [2.24, 2.45) is 0 Å². The fraction of sp³-hybridized carbons (Fsp3) is 0.250. The normalized spacial score (nSPS) is 12.2. The molecule has 0 unspecified atom stereocenters. The van der Waals surface area contributed by atoms with Crippen LogP contribution in [0, 0.1) is 6.92 Å². The molecule has 0 bridgehead atoms. The van der Waals surface area contributed by atoms with Crippen molar-refractivity contribution in [3.05, 3.63) is 29.7 Å². The minimum absolute atomic E-state index is 0.0237. The van der Waals surface area contributed by atoms with Gasteiger partial charge in [-0.05, 0) is 19.1 Å². The molecule has 2 aromatic heterocycles. The van der Waals surface area contributed by atoms with E-state index in [0.29, 0.717) is 11.3 Å². The lowest BCUT2D eigenvalue weighted by Gasteiger charge is -2.11. The molecular weight excluding hydrogens is 273 g/mol. The van der Waals surface area contributed by atoms with Crippen molar-refractivity contribution in [1.29, 1.82) is 0 Å². The van der Waals surface area contributed by atoms with E-state index in [2.05, 4.69) is 15.2 Å². The van der Waals surface area contributed by atoms with E-state index in [0.717, 1.165) is 12.1 Å². The molecule has 0 aliphatic heterocycles. The third-order valence-electron chi connectivity index (χ3n) is 3.02. The van der Waals surface area contributed by atoms with E-state index in [1.165, 1.54) is 17.8 Å². The quantitative estimate of drug-likeness (QED) is 0.688. The Morgan fingerprint density at radius 2 is 1.95 bits per heavy atom. The maximum absolute atomic E-state index is 12.9. The minimum Gasteiger partial charge on any atom is -0.494 e. The van der Waals surface area contributed by atoms with Gasteiger partial charge in [0.2, 0.25) is 0 Å². The Morgan fingerprint density at radius 1 is 1.20 bits per heavy atom. The number of nitrogens with zero attached hydrogens (tertiary/aromatic N) is 4. The molecule has 0 amide bonds. The van der Waals surface area contributed by atoms with E-state index in [4.69, 9.17) is 4.74 Å². The standard InChI is InChI=1S/C12H9F3N4O/c1-6-11-18-17-10-8(19(11)5-16-6)3-7(12(13,14)15)4-9(10)20-2/h3-5H,1-2H3. The fourth-order valence-corrected chi connectivity index (χ4v) is 2.02. The van der Waals surface area contributed by atoms with E-state index in [1.54, 1.807) is 6.92 Å². The van der Waals surface area contributed by atoms with Gasteiger partial charge in [0.25, 0.3) is 0 Å². The average Bonchev–Trinajstić information content (AvgIpc) is 2.78. The molecule has 1 aromatic carbocycles. The second kappa shape index (κ2) is 4.06. The summed E-state index contributed by atoms with van der Waals surface area (Å²) in [6.45, 7) is 1.71. The smallest absolute Gasteiger partial charge is 0.416 e. The van der Waals surface area contributed by atoms with Crippen molar-refractivity contribution in [2.75, 3.05) is 7.11 Å². The second-order valence-corrected chi connectivity index (χ2v) is 4.27. The molecule has 0 radical (unpaired) electrons. The van der Waals surface area contributed by atoms with Crippen LogP contribution in [0.1, 0.15) is 11.3 Å². The van der Waals surface area contributed by atoms with Crippen molar-refractivity contribution >= 4 is 16.7 Å². The largest absolute Gasteiger partial charge is 0.494 e. The summed E-state index contributed by atoms with van der Waals surface area (Å²) in [7, 11) is 1.29. The molecule has 0 aliphatic carbocycles.